The van der Waals surface area contributed by atoms with Crippen LogP contribution in [0.15, 0.2) is 41.8 Å². The van der Waals surface area contributed by atoms with E-state index in [1.54, 1.807) is 19.5 Å². The molecule has 0 aliphatic carbocycles. The lowest BCUT2D eigenvalue weighted by molar-refractivity contribution is -0.113. The number of carbonyl (C=O) groups is 1. The number of aromatic nitrogens is 5. The highest BCUT2D eigenvalue weighted by Crippen LogP contribution is 2.23. The number of ether oxygens (including phenoxy) is 1. The van der Waals surface area contributed by atoms with E-state index in [0.29, 0.717) is 10.8 Å². The Balaban J connectivity index is 1.63. The quantitative estimate of drug-likeness (QED) is 0.583. The van der Waals surface area contributed by atoms with E-state index in [0.717, 1.165) is 35.9 Å². The zero-order chi connectivity index (χ0) is 19.9. The van der Waals surface area contributed by atoms with Crippen molar-refractivity contribution in [1.82, 2.24) is 24.7 Å². The third kappa shape index (κ3) is 4.86. The number of nitrogens with zero attached hydrogens (tertiary/aromatic N) is 5. The molecule has 3 rings (SSSR count). The number of methoxy groups -OCH3 is 1. The average Bonchev–Trinajstić information content (AvgIpc) is 3.08. The zero-order valence-electron chi connectivity index (χ0n) is 16.0. The van der Waals surface area contributed by atoms with Crippen molar-refractivity contribution in [2.24, 2.45) is 0 Å². The molecule has 0 aliphatic rings. The lowest BCUT2D eigenvalue weighted by atomic mass is 10.3. The molecule has 8 nitrogen and oxygen atoms in total. The predicted molar refractivity (Wildman–Crippen MR) is 108 cm³/mol. The van der Waals surface area contributed by atoms with Gasteiger partial charge >= 0.3 is 0 Å². The van der Waals surface area contributed by atoms with Crippen LogP contribution in [0.4, 0.5) is 5.69 Å². The fourth-order valence-electron chi connectivity index (χ4n) is 2.56. The molecule has 2 aromatic heterocycles. The lowest BCUT2D eigenvalue weighted by Gasteiger charge is -2.09. The second kappa shape index (κ2) is 9.32. The van der Waals surface area contributed by atoms with Gasteiger partial charge in [-0.05, 0) is 37.6 Å². The van der Waals surface area contributed by atoms with Crippen molar-refractivity contribution in [1.29, 1.82) is 0 Å². The predicted octanol–water partition coefficient (Wildman–Crippen LogP) is 3.06. The molecular weight excluding hydrogens is 376 g/mol. The minimum atomic E-state index is -0.154. The second-order valence-corrected chi connectivity index (χ2v) is 6.98. The van der Waals surface area contributed by atoms with Gasteiger partial charge in [-0.3, -0.25) is 9.36 Å². The molecule has 146 valence electrons. The number of hydrogen-bond acceptors (Lipinski definition) is 7. The summed E-state index contributed by atoms with van der Waals surface area (Å²) in [5.74, 6) is 2.34. The van der Waals surface area contributed by atoms with E-state index in [4.69, 9.17) is 4.74 Å². The van der Waals surface area contributed by atoms with Crippen molar-refractivity contribution >= 4 is 23.4 Å². The summed E-state index contributed by atoms with van der Waals surface area (Å²) in [6, 6.07) is 7.60. The van der Waals surface area contributed by atoms with Crippen LogP contribution < -0.4 is 10.1 Å². The van der Waals surface area contributed by atoms with Crippen molar-refractivity contribution in [3.63, 3.8) is 0 Å². The van der Waals surface area contributed by atoms with E-state index in [1.807, 2.05) is 35.8 Å². The Labute approximate surface area is 167 Å². The van der Waals surface area contributed by atoms with Crippen LogP contribution in [-0.2, 0) is 11.2 Å². The molecule has 28 heavy (non-hydrogen) atoms. The van der Waals surface area contributed by atoms with Gasteiger partial charge in [-0.25, -0.2) is 9.97 Å². The van der Waals surface area contributed by atoms with Crippen LogP contribution >= 0.6 is 11.8 Å². The maximum atomic E-state index is 12.3. The first-order valence-electron chi connectivity index (χ1n) is 8.90. The number of benzene rings is 1. The van der Waals surface area contributed by atoms with Crippen molar-refractivity contribution < 1.29 is 9.53 Å². The Morgan fingerprint density at radius 3 is 2.54 bits per heavy atom. The Morgan fingerprint density at radius 1 is 1.18 bits per heavy atom. The summed E-state index contributed by atoms with van der Waals surface area (Å²) in [6.07, 6.45) is 5.07. The average molecular weight is 398 g/mol. The van der Waals surface area contributed by atoms with Gasteiger partial charge in [0.25, 0.3) is 0 Å². The summed E-state index contributed by atoms with van der Waals surface area (Å²) >= 11 is 1.32. The summed E-state index contributed by atoms with van der Waals surface area (Å²) in [6.45, 7) is 3.94. The summed E-state index contributed by atoms with van der Waals surface area (Å²) in [7, 11) is 1.63. The van der Waals surface area contributed by atoms with Crippen LogP contribution in [0.25, 0.3) is 5.69 Å². The molecule has 1 amide bonds. The number of anilines is 1. The number of amides is 1. The number of rotatable bonds is 8. The van der Waals surface area contributed by atoms with E-state index < -0.39 is 0 Å². The van der Waals surface area contributed by atoms with Crippen molar-refractivity contribution in [2.75, 3.05) is 18.2 Å². The molecule has 0 saturated heterocycles. The Bertz CT molecular complexity index is 925. The van der Waals surface area contributed by atoms with Crippen molar-refractivity contribution in [3.05, 3.63) is 48.3 Å². The Morgan fingerprint density at radius 2 is 1.89 bits per heavy atom. The van der Waals surface area contributed by atoms with Gasteiger partial charge in [0.15, 0.2) is 5.16 Å². The van der Waals surface area contributed by atoms with Crippen molar-refractivity contribution in [2.45, 2.75) is 31.8 Å². The maximum absolute atomic E-state index is 12.3. The molecule has 0 saturated carbocycles. The molecule has 0 atom stereocenters. The van der Waals surface area contributed by atoms with Gasteiger partial charge in [0.1, 0.15) is 17.4 Å². The van der Waals surface area contributed by atoms with E-state index >= 15 is 0 Å². The number of carbonyl (C=O) groups excluding carboxylic acids is 1. The highest BCUT2D eigenvalue weighted by Gasteiger charge is 2.14. The largest absolute Gasteiger partial charge is 0.497 e. The first-order valence-corrected chi connectivity index (χ1v) is 9.89. The molecule has 0 unspecified atom stereocenters. The fourth-order valence-corrected chi connectivity index (χ4v) is 3.36. The topological polar surface area (TPSA) is 94.8 Å². The molecule has 0 aliphatic heterocycles. The van der Waals surface area contributed by atoms with Crippen LogP contribution in [0.1, 0.15) is 25.0 Å². The molecule has 2 heterocycles. The molecular formula is C19H22N6O2S. The standard InChI is InChI=1S/C19H22N6O2S/c1-4-5-17-20-10-14(11-21-17)22-18(26)12-28-19-24-23-13(2)25(19)15-6-8-16(27-3)9-7-15/h6-11H,4-5,12H2,1-3H3,(H,22,26). The highest BCUT2D eigenvalue weighted by atomic mass is 32.2. The smallest absolute Gasteiger partial charge is 0.234 e. The molecule has 1 aromatic carbocycles. The van der Waals surface area contributed by atoms with Crippen molar-refractivity contribution in [3.8, 4) is 11.4 Å². The monoisotopic (exact) mass is 398 g/mol. The molecule has 0 spiro atoms. The first-order chi connectivity index (χ1) is 13.6. The summed E-state index contributed by atoms with van der Waals surface area (Å²) in [5, 5.41) is 11.8. The van der Waals surface area contributed by atoms with Gasteiger partial charge in [0, 0.05) is 12.1 Å². The van der Waals surface area contributed by atoms with Gasteiger partial charge < -0.3 is 10.1 Å². The fraction of sp³-hybridized carbons (Fsp3) is 0.316. The third-order valence-electron chi connectivity index (χ3n) is 3.92. The maximum Gasteiger partial charge on any atom is 0.234 e. The van der Waals surface area contributed by atoms with Crippen LogP contribution in [0.3, 0.4) is 0 Å². The Hall–Kier alpha value is -2.94. The van der Waals surface area contributed by atoms with Crippen LogP contribution in [0.2, 0.25) is 0 Å². The summed E-state index contributed by atoms with van der Waals surface area (Å²) in [5.41, 5.74) is 1.49. The van der Waals surface area contributed by atoms with E-state index in [-0.39, 0.29) is 11.7 Å². The minimum Gasteiger partial charge on any atom is -0.497 e. The Kier molecular flexibility index (Phi) is 6.59. The lowest BCUT2D eigenvalue weighted by Crippen LogP contribution is -2.15. The molecule has 0 radical (unpaired) electrons. The highest BCUT2D eigenvalue weighted by molar-refractivity contribution is 7.99. The van der Waals surface area contributed by atoms with Gasteiger partial charge in [0.2, 0.25) is 5.91 Å². The molecule has 0 fully saturated rings. The van der Waals surface area contributed by atoms with Crippen LogP contribution in [0, 0.1) is 6.92 Å². The molecule has 0 bridgehead atoms. The van der Waals surface area contributed by atoms with E-state index in [1.165, 1.54) is 11.8 Å². The van der Waals surface area contributed by atoms with E-state index in [2.05, 4.69) is 32.4 Å². The van der Waals surface area contributed by atoms with Gasteiger partial charge in [-0.15, -0.1) is 10.2 Å². The molecule has 3 aromatic rings. The number of thioether (sulfide) groups is 1. The van der Waals surface area contributed by atoms with Crippen LogP contribution in [0.5, 0.6) is 5.75 Å². The number of aryl methyl sites for hydroxylation is 2. The van der Waals surface area contributed by atoms with E-state index in [9.17, 15) is 4.79 Å². The molecule has 1 N–H and O–H groups in total. The first kappa shape index (κ1) is 19.8. The number of nitrogens with one attached hydrogen (secondary N) is 1. The number of hydrogen-bond donors (Lipinski definition) is 1. The van der Waals surface area contributed by atoms with Gasteiger partial charge in [0.05, 0.1) is 30.9 Å². The van der Waals surface area contributed by atoms with Gasteiger partial charge in [-0.1, -0.05) is 18.7 Å². The molecule has 9 heteroatoms. The minimum absolute atomic E-state index is 0.154. The summed E-state index contributed by atoms with van der Waals surface area (Å²) in [4.78, 5) is 20.8. The summed E-state index contributed by atoms with van der Waals surface area (Å²) < 4.78 is 7.10. The third-order valence-corrected chi connectivity index (χ3v) is 4.85. The second-order valence-electron chi connectivity index (χ2n) is 6.04. The van der Waals surface area contributed by atoms with Crippen LogP contribution in [-0.4, -0.2) is 43.5 Å². The normalized spacial score (nSPS) is 10.7. The zero-order valence-corrected chi connectivity index (χ0v) is 16.9. The van der Waals surface area contributed by atoms with Gasteiger partial charge in [-0.2, -0.15) is 0 Å². The SMILES string of the molecule is CCCc1ncc(NC(=O)CSc2nnc(C)n2-c2ccc(OC)cc2)cn1.